The monoisotopic (exact) mass is 473 g/mol. The maximum atomic E-state index is 14.7. The largest absolute Gasteiger partial charge is 0.478 e. The third-order valence-corrected chi connectivity index (χ3v) is 6.16. The molecule has 3 aromatic carbocycles. The lowest BCUT2D eigenvalue weighted by molar-refractivity contribution is 0.0681. The molecule has 0 spiro atoms. The molecular formula is C27H20FNO6. The molecule has 1 aliphatic heterocycles. The summed E-state index contributed by atoms with van der Waals surface area (Å²) in [4.78, 5) is 25.7. The Bertz CT molecular complexity index is 1590. The Balaban J connectivity index is 1.95. The predicted octanol–water partition coefficient (Wildman–Crippen LogP) is 2.97. The molecule has 35 heavy (non-hydrogen) atoms. The van der Waals surface area contributed by atoms with Crippen molar-refractivity contribution in [2.75, 3.05) is 19.0 Å². The van der Waals surface area contributed by atoms with Gasteiger partial charge in [0, 0.05) is 53.0 Å². The minimum atomic E-state index is -1.37. The molecule has 176 valence electrons. The topological polar surface area (TPSA) is 107 Å². The Labute approximate surface area is 198 Å². The van der Waals surface area contributed by atoms with Gasteiger partial charge in [-0.3, -0.25) is 0 Å². The summed E-state index contributed by atoms with van der Waals surface area (Å²) in [5, 5.41) is 30.0. The van der Waals surface area contributed by atoms with E-state index in [2.05, 4.69) is 0 Å². The van der Waals surface area contributed by atoms with Crippen molar-refractivity contribution in [1.82, 2.24) is 0 Å². The Hall–Kier alpha value is -4.43. The summed E-state index contributed by atoms with van der Waals surface area (Å²) in [5.41, 5.74) is 2.28. The summed E-state index contributed by atoms with van der Waals surface area (Å²) in [6, 6.07) is 12.3. The number of carboxylic acids is 2. The van der Waals surface area contributed by atoms with E-state index in [1.165, 1.54) is 30.3 Å². The zero-order valence-corrected chi connectivity index (χ0v) is 18.7. The van der Waals surface area contributed by atoms with E-state index in [0.717, 1.165) is 5.69 Å². The molecule has 0 amide bonds. The van der Waals surface area contributed by atoms with Crippen LogP contribution in [-0.2, 0) is 0 Å². The van der Waals surface area contributed by atoms with Crippen LogP contribution in [0.5, 0.6) is 11.5 Å². The van der Waals surface area contributed by atoms with Crippen LogP contribution in [0.2, 0.25) is 0 Å². The van der Waals surface area contributed by atoms with Crippen molar-refractivity contribution in [2.45, 2.75) is 6.10 Å². The molecule has 8 heteroatoms. The summed E-state index contributed by atoms with van der Waals surface area (Å²) in [6.07, 6.45) is 1.50. The lowest BCUT2D eigenvalue weighted by atomic mass is 9.87. The van der Waals surface area contributed by atoms with E-state index in [9.17, 15) is 29.3 Å². The number of halogens is 1. The first-order valence-corrected chi connectivity index (χ1v) is 10.7. The van der Waals surface area contributed by atoms with Gasteiger partial charge >= 0.3 is 11.9 Å². The lowest BCUT2D eigenvalue weighted by Gasteiger charge is -2.26. The van der Waals surface area contributed by atoms with Crippen molar-refractivity contribution in [3.8, 4) is 11.5 Å². The van der Waals surface area contributed by atoms with Crippen LogP contribution in [0.25, 0.3) is 17.5 Å². The molecule has 3 N–H and O–H groups in total. The summed E-state index contributed by atoms with van der Waals surface area (Å²) in [7, 11) is 3.72. The smallest absolute Gasteiger partial charge is 0.336 e. The molecule has 0 radical (unpaired) electrons. The standard InChI is InChI=1S/C27H20FNO6/c1-29(2)14-4-6-18-22(12-14)35-25-16-9-10-21(30)24(28)15(16)7-8-19(25)23(18)20-11-13(26(31)32)3-5-17(20)27(33)34/h3-12,21,30H,1-2H3,(H,31,32)(H,33,34). The highest BCUT2D eigenvalue weighted by molar-refractivity contribution is 6.01. The minimum Gasteiger partial charge on any atom is -0.478 e. The normalized spacial score (nSPS) is 15.6. The van der Waals surface area contributed by atoms with Crippen molar-refractivity contribution >= 4 is 35.1 Å². The number of aliphatic hydroxyl groups is 1. The van der Waals surface area contributed by atoms with Crippen molar-refractivity contribution in [2.24, 2.45) is 0 Å². The van der Waals surface area contributed by atoms with Crippen molar-refractivity contribution in [3.63, 3.8) is 0 Å². The number of aromatic carboxylic acids is 2. The molecule has 1 heterocycles. The zero-order valence-electron chi connectivity index (χ0n) is 18.7. The highest BCUT2D eigenvalue weighted by Gasteiger charge is 2.28. The first kappa shape index (κ1) is 22.4. The molecule has 0 saturated heterocycles. The molecule has 1 unspecified atom stereocenters. The first-order chi connectivity index (χ1) is 16.7. The highest BCUT2D eigenvalue weighted by Crippen LogP contribution is 2.40. The van der Waals surface area contributed by atoms with Crippen molar-refractivity contribution in [3.05, 3.63) is 92.9 Å². The summed E-state index contributed by atoms with van der Waals surface area (Å²) < 4.78 is 21.0. The van der Waals surface area contributed by atoms with E-state index in [0.29, 0.717) is 27.7 Å². The molecule has 7 nitrogen and oxygen atoms in total. The molecule has 0 aromatic heterocycles. The van der Waals surface area contributed by atoms with Crippen LogP contribution in [0.15, 0.2) is 54.6 Å². The van der Waals surface area contributed by atoms with E-state index in [1.54, 1.807) is 24.3 Å². The molecule has 2 aliphatic rings. The van der Waals surface area contributed by atoms with Crippen LogP contribution in [-0.4, -0.2) is 47.5 Å². The number of hydrogen-bond acceptors (Lipinski definition) is 5. The number of nitrogens with zero attached hydrogens (tertiary/aromatic N) is 1. The van der Waals surface area contributed by atoms with Gasteiger partial charge in [-0.1, -0.05) is 12.1 Å². The van der Waals surface area contributed by atoms with Gasteiger partial charge in [0.05, 0.1) is 11.1 Å². The lowest BCUT2D eigenvalue weighted by Crippen LogP contribution is -2.27. The fourth-order valence-corrected chi connectivity index (χ4v) is 4.41. The van der Waals surface area contributed by atoms with E-state index in [-0.39, 0.29) is 27.7 Å². The Morgan fingerprint density at radius 1 is 0.943 bits per heavy atom. The van der Waals surface area contributed by atoms with Crippen LogP contribution in [0.4, 0.5) is 10.1 Å². The number of hydrogen-bond donors (Lipinski definition) is 3. The number of carbonyl (C=O) groups is 2. The number of anilines is 1. The second-order valence-electron chi connectivity index (χ2n) is 8.48. The highest BCUT2D eigenvalue weighted by atomic mass is 19.1. The quantitative estimate of drug-likeness (QED) is 0.418. The maximum absolute atomic E-state index is 14.7. The van der Waals surface area contributed by atoms with Gasteiger partial charge in [-0.2, -0.15) is 0 Å². The van der Waals surface area contributed by atoms with E-state index in [4.69, 9.17) is 4.74 Å². The van der Waals surface area contributed by atoms with Crippen LogP contribution in [0, 0.1) is 0 Å². The average Bonchev–Trinajstić information content (AvgIpc) is 2.83. The summed E-state index contributed by atoms with van der Waals surface area (Å²) in [6.45, 7) is 0. The van der Waals surface area contributed by atoms with Gasteiger partial charge in [0.25, 0.3) is 0 Å². The van der Waals surface area contributed by atoms with E-state index >= 15 is 0 Å². The number of benzene rings is 3. The molecule has 5 rings (SSSR count). The molecule has 0 bridgehead atoms. The molecule has 3 aromatic rings. The number of carboxylic acid groups (broad SMARTS) is 2. The van der Waals surface area contributed by atoms with Gasteiger partial charge in [-0.25, -0.2) is 14.0 Å². The van der Waals surface area contributed by atoms with Crippen molar-refractivity contribution in [1.29, 1.82) is 0 Å². The van der Waals surface area contributed by atoms with Crippen LogP contribution in [0.3, 0.4) is 0 Å². The van der Waals surface area contributed by atoms with Gasteiger partial charge in [-0.05, 0) is 48.0 Å². The Kier molecular flexibility index (Phi) is 5.18. The van der Waals surface area contributed by atoms with Gasteiger partial charge in [0.15, 0.2) is 0 Å². The minimum absolute atomic E-state index is 0.0719. The molecule has 0 saturated carbocycles. The fraction of sp³-hybridized carbons (Fsp3) is 0.111. The zero-order chi connectivity index (χ0) is 25.0. The van der Waals surface area contributed by atoms with Gasteiger partial charge in [-0.15, -0.1) is 0 Å². The SMILES string of the molecule is CN(C)c1ccc2c(c1)Oc1c3c(ccc1=C2c1cc(C(=O)O)ccc1C(=O)O)=C(F)C(O)C=C3. The fourth-order valence-electron chi connectivity index (χ4n) is 4.41. The molecule has 0 fully saturated rings. The first-order valence-electron chi connectivity index (χ1n) is 10.7. The summed E-state index contributed by atoms with van der Waals surface area (Å²) in [5.74, 6) is -2.44. The molecule has 1 aliphatic carbocycles. The number of fused-ring (bicyclic) bond motifs is 4. The van der Waals surface area contributed by atoms with E-state index in [1.807, 2.05) is 25.1 Å². The maximum Gasteiger partial charge on any atom is 0.336 e. The Morgan fingerprint density at radius 3 is 2.37 bits per heavy atom. The van der Waals surface area contributed by atoms with Crippen LogP contribution >= 0.6 is 0 Å². The number of aliphatic hydroxyl groups excluding tert-OH is 1. The van der Waals surface area contributed by atoms with Crippen LogP contribution < -0.4 is 20.1 Å². The molecular weight excluding hydrogens is 453 g/mol. The second-order valence-corrected chi connectivity index (χ2v) is 8.48. The number of ether oxygens (including phenoxy) is 1. The van der Waals surface area contributed by atoms with Gasteiger partial charge < -0.3 is 25.0 Å². The van der Waals surface area contributed by atoms with Gasteiger partial charge in [0.1, 0.15) is 23.4 Å². The van der Waals surface area contributed by atoms with Crippen molar-refractivity contribution < 1.29 is 34.0 Å². The summed E-state index contributed by atoms with van der Waals surface area (Å²) >= 11 is 0. The molecule has 1 atom stereocenters. The Morgan fingerprint density at radius 2 is 1.69 bits per heavy atom. The third-order valence-electron chi connectivity index (χ3n) is 6.16. The average molecular weight is 473 g/mol. The third kappa shape index (κ3) is 3.55. The van der Waals surface area contributed by atoms with E-state index < -0.39 is 23.9 Å². The van der Waals surface area contributed by atoms with Crippen LogP contribution in [0.1, 0.15) is 37.4 Å². The predicted molar refractivity (Wildman–Crippen MR) is 128 cm³/mol. The number of rotatable bonds is 4. The second kappa shape index (κ2) is 8.11. The van der Waals surface area contributed by atoms with Gasteiger partial charge in [0.2, 0.25) is 0 Å².